The van der Waals surface area contributed by atoms with Crippen LogP contribution in [0.15, 0.2) is 85.1 Å². The van der Waals surface area contributed by atoms with Gasteiger partial charge in [0.05, 0.1) is 22.6 Å². The van der Waals surface area contributed by atoms with Gasteiger partial charge >= 0.3 is 5.97 Å². The summed E-state index contributed by atoms with van der Waals surface area (Å²) >= 11 is 0. The third-order valence-corrected chi connectivity index (χ3v) is 6.29. The fourth-order valence-corrected chi connectivity index (χ4v) is 4.56. The van der Waals surface area contributed by atoms with Gasteiger partial charge in [0.15, 0.2) is 6.10 Å². The fourth-order valence-electron chi connectivity index (χ4n) is 4.56. The van der Waals surface area contributed by atoms with Crippen LogP contribution < -0.4 is 5.32 Å². The molecule has 0 saturated heterocycles. The number of carbonyl (C=O) groups is 2. The molecular weight excluding hydrogens is 456 g/mol. The average Bonchev–Trinajstić information content (AvgIpc) is 3.29. The minimum Gasteiger partial charge on any atom is -0.479 e. The third kappa shape index (κ3) is 4.18. The number of amides is 1. The number of aromatic nitrogens is 3. The van der Waals surface area contributed by atoms with Crippen LogP contribution in [0.2, 0.25) is 0 Å². The number of pyridine rings is 1. The highest BCUT2D eigenvalue weighted by molar-refractivity contribution is 5.99. The van der Waals surface area contributed by atoms with Gasteiger partial charge in [0.2, 0.25) is 0 Å². The first-order valence-electron chi connectivity index (χ1n) is 11.5. The second-order valence-corrected chi connectivity index (χ2v) is 8.51. The number of imidazole rings is 1. The summed E-state index contributed by atoms with van der Waals surface area (Å²) in [6.07, 6.45) is 0.237. The predicted molar refractivity (Wildman–Crippen MR) is 137 cm³/mol. The fraction of sp³-hybridized carbons (Fsp3) is 0.143. The number of rotatable bonds is 7. The Labute approximate surface area is 206 Å². The van der Waals surface area contributed by atoms with Crippen molar-refractivity contribution in [2.75, 3.05) is 7.05 Å². The zero-order valence-electron chi connectivity index (χ0n) is 19.5. The Morgan fingerprint density at radius 1 is 1.00 bits per heavy atom. The molecule has 5 aromatic rings. The molecule has 3 aromatic carbocycles. The second-order valence-electron chi connectivity index (χ2n) is 8.51. The molecule has 180 valence electrons. The molecule has 36 heavy (non-hydrogen) atoms. The molecule has 5 rings (SSSR count). The molecule has 0 aliphatic rings. The van der Waals surface area contributed by atoms with Crippen LogP contribution >= 0.6 is 0 Å². The van der Waals surface area contributed by atoms with Crippen molar-refractivity contribution in [1.29, 1.82) is 0 Å². The van der Waals surface area contributed by atoms with Gasteiger partial charge in [0, 0.05) is 29.8 Å². The first-order valence-corrected chi connectivity index (χ1v) is 11.5. The van der Waals surface area contributed by atoms with Crippen molar-refractivity contribution in [2.45, 2.75) is 18.6 Å². The van der Waals surface area contributed by atoms with E-state index >= 15 is 0 Å². The van der Waals surface area contributed by atoms with Crippen molar-refractivity contribution in [3.05, 3.63) is 96.2 Å². The SMILES string of the molecule is CNC(=O)c1ccc2c(c1)nc(-c1cccc3cccnc13)n2C(Cc1ccccc1)C(O)C(=O)O. The topological polar surface area (TPSA) is 117 Å². The quantitative estimate of drug-likeness (QED) is 0.326. The summed E-state index contributed by atoms with van der Waals surface area (Å²) in [6.45, 7) is 0. The highest BCUT2D eigenvalue weighted by Gasteiger charge is 2.32. The van der Waals surface area contributed by atoms with E-state index in [1.54, 1.807) is 36.0 Å². The molecular formula is C28H24N4O4. The Kier molecular flexibility index (Phi) is 6.18. The Hall–Kier alpha value is -4.56. The minimum absolute atomic E-state index is 0.252. The van der Waals surface area contributed by atoms with Crippen molar-refractivity contribution in [3.63, 3.8) is 0 Å². The van der Waals surface area contributed by atoms with Crippen molar-refractivity contribution >= 4 is 33.8 Å². The van der Waals surface area contributed by atoms with Crippen LogP contribution in [-0.2, 0) is 11.2 Å². The van der Waals surface area contributed by atoms with Crippen molar-refractivity contribution in [2.24, 2.45) is 0 Å². The Morgan fingerprint density at radius 3 is 2.53 bits per heavy atom. The number of carbonyl (C=O) groups excluding carboxylic acids is 1. The van der Waals surface area contributed by atoms with E-state index in [0.717, 1.165) is 10.9 Å². The maximum atomic E-state index is 12.3. The van der Waals surface area contributed by atoms with Gasteiger partial charge in [-0.3, -0.25) is 9.78 Å². The van der Waals surface area contributed by atoms with Crippen LogP contribution in [-0.4, -0.2) is 49.8 Å². The number of hydrogen-bond acceptors (Lipinski definition) is 5. The van der Waals surface area contributed by atoms with Gasteiger partial charge < -0.3 is 20.1 Å². The molecule has 0 spiro atoms. The zero-order valence-corrected chi connectivity index (χ0v) is 19.5. The van der Waals surface area contributed by atoms with Crippen LogP contribution in [0.1, 0.15) is 22.0 Å². The summed E-state index contributed by atoms with van der Waals surface area (Å²) in [5.41, 5.74) is 3.80. The maximum Gasteiger partial charge on any atom is 0.334 e. The van der Waals surface area contributed by atoms with Crippen molar-refractivity contribution < 1.29 is 19.8 Å². The molecule has 0 aliphatic heterocycles. The number of hydrogen-bond donors (Lipinski definition) is 3. The number of carboxylic acid groups (broad SMARTS) is 1. The van der Waals surface area contributed by atoms with Crippen LogP contribution in [0.4, 0.5) is 0 Å². The van der Waals surface area contributed by atoms with Gasteiger partial charge in [0.1, 0.15) is 5.82 Å². The van der Waals surface area contributed by atoms with Gasteiger partial charge in [-0.05, 0) is 42.3 Å². The van der Waals surface area contributed by atoms with E-state index < -0.39 is 18.1 Å². The first-order chi connectivity index (χ1) is 17.5. The van der Waals surface area contributed by atoms with E-state index in [2.05, 4.69) is 10.3 Å². The molecule has 0 radical (unpaired) electrons. The Morgan fingerprint density at radius 2 is 1.78 bits per heavy atom. The second kappa shape index (κ2) is 9.59. The lowest BCUT2D eigenvalue weighted by Gasteiger charge is -2.25. The highest BCUT2D eigenvalue weighted by Crippen LogP contribution is 2.35. The Balaban J connectivity index is 1.80. The number of nitrogens with zero attached hydrogens (tertiary/aromatic N) is 3. The molecule has 0 bridgehead atoms. The number of fused-ring (bicyclic) bond motifs is 2. The summed E-state index contributed by atoms with van der Waals surface area (Å²) in [6, 6.07) is 23.1. The van der Waals surface area contributed by atoms with Gasteiger partial charge in [-0.2, -0.15) is 0 Å². The highest BCUT2D eigenvalue weighted by atomic mass is 16.4. The molecule has 8 nitrogen and oxygen atoms in total. The van der Waals surface area contributed by atoms with Crippen LogP contribution in [0.5, 0.6) is 0 Å². The normalized spacial score (nSPS) is 12.9. The van der Waals surface area contributed by atoms with E-state index in [-0.39, 0.29) is 12.3 Å². The molecule has 8 heteroatoms. The van der Waals surface area contributed by atoms with Gasteiger partial charge in [-0.1, -0.05) is 48.5 Å². The first kappa shape index (κ1) is 23.2. The molecule has 0 fully saturated rings. The maximum absolute atomic E-state index is 12.3. The lowest BCUT2D eigenvalue weighted by Crippen LogP contribution is -2.33. The summed E-state index contributed by atoms with van der Waals surface area (Å²) < 4.78 is 1.76. The largest absolute Gasteiger partial charge is 0.479 e. The van der Waals surface area contributed by atoms with Crippen molar-refractivity contribution in [3.8, 4) is 11.4 Å². The standard InChI is InChI=1S/C28H24N4O4/c1-29-27(34)19-12-13-22-21(16-19)31-26(20-11-5-9-18-10-6-14-30-24(18)20)32(22)23(25(33)28(35)36)15-17-7-3-2-4-8-17/h2-14,16,23,25,33H,15H2,1H3,(H,29,34)(H,35,36). The zero-order chi connectivity index (χ0) is 25.2. The van der Waals surface area contributed by atoms with E-state index in [4.69, 9.17) is 4.98 Å². The molecule has 1 amide bonds. The summed E-state index contributed by atoms with van der Waals surface area (Å²) in [7, 11) is 1.55. The Bertz CT molecular complexity index is 1570. The smallest absolute Gasteiger partial charge is 0.334 e. The minimum atomic E-state index is -1.71. The van der Waals surface area contributed by atoms with E-state index in [1.807, 2.05) is 60.7 Å². The number of aliphatic hydroxyl groups excluding tert-OH is 1. The molecule has 2 atom stereocenters. The number of para-hydroxylation sites is 1. The average molecular weight is 481 g/mol. The summed E-state index contributed by atoms with van der Waals surface area (Å²) in [5, 5.41) is 24.3. The lowest BCUT2D eigenvalue weighted by atomic mass is 9.99. The molecule has 3 N–H and O–H groups in total. The molecule has 0 aliphatic carbocycles. The van der Waals surface area contributed by atoms with Gasteiger partial charge in [0.25, 0.3) is 5.91 Å². The third-order valence-electron chi connectivity index (χ3n) is 6.29. The van der Waals surface area contributed by atoms with Crippen LogP contribution in [0.3, 0.4) is 0 Å². The van der Waals surface area contributed by atoms with Gasteiger partial charge in [-0.15, -0.1) is 0 Å². The molecule has 0 saturated carbocycles. The predicted octanol–water partition coefficient (Wildman–Crippen LogP) is 3.84. The summed E-state index contributed by atoms with van der Waals surface area (Å²) in [4.78, 5) is 33.8. The van der Waals surface area contributed by atoms with Crippen LogP contribution in [0, 0.1) is 0 Å². The number of nitrogens with one attached hydrogen (secondary N) is 1. The monoisotopic (exact) mass is 480 g/mol. The van der Waals surface area contributed by atoms with Crippen molar-refractivity contribution in [1.82, 2.24) is 19.9 Å². The van der Waals surface area contributed by atoms with E-state index in [0.29, 0.717) is 33.5 Å². The number of carboxylic acids is 1. The number of aliphatic carboxylic acids is 1. The summed E-state index contributed by atoms with van der Waals surface area (Å²) in [5.74, 6) is -1.13. The number of benzene rings is 3. The van der Waals surface area contributed by atoms with E-state index in [1.165, 1.54) is 0 Å². The lowest BCUT2D eigenvalue weighted by molar-refractivity contribution is -0.149. The molecule has 2 aromatic heterocycles. The van der Waals surface area contributed by atoms with E-state index in [9.17, 15) is 19.8 Å². The van der Waals surface area contributed by atoms with Crippen LogP contribution in [0.25, 0.3) is 33.3 Å². The van der Waals surface area contributed by atoms with Gasteiger partial charge in [-0.25, -0.2) is 9.78 Å². The molecule has 2 heterocycles. The number of aliphatic hydroxyl groups is 1. The molecule has 2 unspecified atom stereocenters.